The van der Waals surface area contributed by atoms with Crippen molar-refractivity contribution in [2.24, 2.45) is 0 Å². The first-order chi connectivity index (χ1) is 10.1. The topological polar surface area (TPSA) is 52.9 Å². The lowest BCUT2D eigenvalue weighted by Crippen LogP contribution is -2.13. The standard InChI is InChI=1S/C15H10BrFN2OS/c16-8-4-5-10(12(17)6-8)14(20)19-15-11(7-18)9-2-1-3-13(9)21-15/h4-6H,1-3H2,(H,19,20). The van der Waals surface area contributed by atoms with Crippen molar-refractivity contribution in [2.75, 3.05) is 5.32 Å². The van der Waals surface area contributed by atoms with Crippen LogP contribution in [0.2, 0.25) is 0 Å². The molecule has 0 spiro atoms. The van der Waals surface area contributed by atoms with Crippen molar-refractivity contribution in [3.05, 3.63) is 50.1 Å². The van der Waals surface area contributed by atoms with Gasteiger partial charge < -0.3 is 5.32 Å². The van der Waals surface area contributed by atoms with Crippen molar-refractivity contribution < 1.29 is 9.18 Å². The van der Waals surface area contributed by atoms with Gasteiger partial charge in [-0.15, -0.1) is 11.3 Å². The van der Waals surface area contributed by atoms with Gasteiger partial charge in [0.2, 0.25) is 0 Å². The highest BCUT2D eigenvalue weighted by Gasteiger charge is 2.24. The van der Waals surface area contributed by atoms with E-state index in [9.17, 15) is 14.4 Å². The molecule has 21 heavy (non-hydrogen) atoms. The maximum Gasteiger partial charge on any atom is 0.259 e. The summed E-state index contributed by atoms with van der Waals surface area (Å²) >= 11 is 4.57. The Balaban J connectivity index is 1.91. The van der Waals surface area contributed by atoms with Crippen molar-refractivity contribution in [1.82, 2.24) is 0 Å². The zero-order chi connectivity index (χ0) is 15.0. The molecule has 0 saturated carbocycles. The minimum absolute atomic E-state index is 0.0318. The van der Waals surface area contributed by atoms with Gasteiger partial charge in [-0.3, -0.25) is 4.79 Å². The Labute approximate surface area is 133 Å². The van der Waals surface area contributed by atoms with Gasteiger partial charge in [0.1, 0.15) is 16.9 Å². The minimum atomic E-state index is -0.593. The first-order valence-electron chi connectivity index (χ1n) is 6.41. The minimum Gasteiger partial charge on any atom is -0.312 e. The zero-order valence-corrected chi connectivity index (χ0v) is 13.3. The van der Waals surface area contributed by atoms with E-state index in [0.717, 1.165) is 29.7 Å². The van der Waals surface area contributed by atoms with Gasteiger partial charge in [0, 0.05) is 9.35 Å². The van der Waals surface area contributed by atoms with Crippen LogP contribution >= 0.6 is 27.3 Å². The van der Waals surface area contributed by atoms with E-state index in [1.807, 2.05) is 0 Å². The number of carbonyl (C=O) groups is 1. The van der Waals surface area contributed by atoms with Gasteiger partial charge in [-0.1, -0.05) is 15.9 Å². The Bertz CT molecular complexity index is 779. The van der Waals surface area contributed by atoms with Crippen LogP contribution in [0.1, 0.15) is 32.8 Å². The third-order valence-corrected chi connectivity index (χ3v) is 5.14. The van der Waals surface area contributed by atoms with Gasteiger partial charge in [0.05, 0.1) is 11.1 Å². The number of nitrogens with zero attached hydrogens (tertiary/aromatic N) is 1. The maximum atomic E-state index is 13.8. The number of aryl methyl sites for hydroxylation is 1. The first kappa shape index (κ1) is 14.2. The molecule has 0 bridgehead atoms. The van der Waals surface area contributed by atoms with E-state index < -0.39 is 11.7 Å². The molecule has 0 saturated heterocycles. The van der Waals surface area contributed by atoms with E-state index in [-0.39, 0.29) is 5.56 Å². The van der Waals surface area contributed by atoms with Crippen LogP contribution in [0.15, 0.2) is 22.7 Å². The van der Waals surface area contributed by atoms with E-state index in [2.05, 4.69) is 27.3 Å². The molecule has 0 aliphatic heterocycles. The Hall–Kier alpha value is -1.71. The van der Waals surface area contributed by atoms with E-state index in [0.29, 0.717) is 15.0 Å². The fourth-order valence-electron chi connectivity index (χ4n) is 2.45. The average Bonchev–Trinajstić information content (AvgIpc) is 2.98. The van der Waals surface area contributed by atoms with E-state index >= 15 is 0 Å². The second-order valence-corrected chi connectivity index (χ2v) is 6.77. The van der Waals surface area contributed by atoms with Crippen LogP contribution in [0.3, 0.4) is 0 Å². The van der Waals surface area contributed by atoms with Crippen molar-refractivity contribution in [2.45, 2.75) is 19.3 Å². The number of anilines is 1. The molecule has 1 aromatic carbocycles. The normalized spacial score (nSPS) is 12.8. The fourth-order valence-corrected chi connectivity index (χ4v) is 4.02. The highest BCUT2D eigenvalue weighted by molar-refractivity contribution is 9.10. The summed E-state index contributed by atoms with van der Waals surface area (Å²) in [5.41, 5.74) is 1.53. The number of fused-ring (bicyclic) bond motifs is 1. The molecule has 6 heteroatoms. The summed E-state index contributed by atoms with van der Waals surface area (Å²) < 4.78 is 14.4. The summed E-state index contributed by atoms with van der Waals surface area (Å²) in [6.45, 7) is 0. The van der Waals surface area contributed by atoms with Crippen LogP contribution in [0.25, 0.3) is 0 Å². The number of nitrogens with one attached hydrogen (secondary N) is 1. The predicted octanol–water partition coefficient (Wildman–Crippen LogP) is 4.26. The zero-order valence-electron chi connectivity index (χ0n) is 10.9. The van der Waals surface area contributed by atoms with Gasteiger partial charge in [-0.2, -0.15) is 5.26 Å². The predicted molar refractivity (Wildman–Crippen MR) is 83.1 cm³/mol. The molecule has 3 nitrogen and oxygen atoms in total. The number of thiophene rings is 1. The van der Waals surface area contributed by atoms with E-state index in [4.69, 9.17) is 0 Å². The van der Waals surface area contributed by atoms with Gasteiger partial charge >= 0.3 is 0 Å². The Morgan fingerprint density at radius 2 is 2.24 bits per heavy atom. The third kappa shape index (κ3) is 2.59. The number of carbonyl (C=O) groups excluding carboxylic acids is 1. The van der Waals surface area contributed by atoms with Gasteiger partial charge in [0.25, 0.3) is 5.91 Å². The van der Waals surface area contributed by atoms with Crippen LogP contribution in [0.4, 0.5) is 9.39 Å². The SMILES string of the molecule is N#Cc1c(NC(=O)c2ccc(Br)cc2F)sc2c1CCC2. The molecule has 2 aromatic rings. The molecule has 106 valence electrons. The molecule has 1 N–H and O–H groups in total. The second kappa shape index (κ2) is 5.58. The number of rotatable bonds is 2. The quantitative estimate of drug-likeness (QED) is 0.865. The lowest BCUT2D eigenvalue weighted by molar-refractivity contribution is 0.102. The molecule has 1 aliphatic rings. The fraction of sp³-hybridized carbons (Fsp3) is 0.200. The summed E-state index contributed by atoms with van der Waals surface area (Å²) in [4.78, 5) is 13.3. The number of amides is 1. The highest BCUT2D eigenvalue weighted by Crippen LogP contribution is 2.38. The Kier molecular flexibility index (Phi) is 3.79. The van der Waals surface area contributed by atoms with Crippen molar-refractivity contribution in [3.63, 3.8) is 0 Å². The summed E-state index contributed by atoms with van der Waals surface area (Å²) in [6.07, 6.45) is 2.86. The lowest BCUT2D eigenvalue weighted by atomic mass is 10.1. The van der Waals surface area contributed by atoms with Gasteiger partial charge in [-0.05, 0) is 43.0 Å². The number of benzene rings is 1. The first-order valence-corrected chi connectivity index (χ1v) is 8.02. The van der Waals surface area contributed by atoms with Gasteiger partial charge in [0.15, 0.2) is 0 Å². The largest absolute Gasteiger partial charge is 0.312 e. The van der Waals surface area contributed by atoms with Crippen LogP contribution in [-0.2, 0) is 12.8 Å². The molecule has 0 fully saturated rings. The number of halogens is 2. The molecule has 0 radical (unpaired) electrons. The second-order valence-electron chi connectivity index (χ2n) is 4.75. The molecule has 1 aromatic heterocycles. The molecular formula is C15H10BrFN2OS. The van der Waals surface area contributed by atoms with Crippen LogP contribution in [0, 0.1) is 17.1 Å². The summed E-state index contributed by atoms with van der Waals surface area (Å²) in [7, 11) is 0. The van der Waals surface area contributed by atoms with E-state index in [1.54, 1.807) is 6.07 Å². The molecule has 0 atom stereocenters. The molecular weight excluding hydrogens is 355 g/mol. The highest BCUT2D eigenvalue weighted by atomic mass is 79.9. The molecule has 1 aliphatic carbocycles. The summed E-state index contributed by atoms with van der Waals surface area (Å²) in [5.74, 6) is -1.12. The van der Waals surface area contributed by atoms with Crippen molar-refractivity contribution in [1.29, 1.82) is 5.26 Å². The Morgan fingerprint density at radius 3 is 2.95 bits per heavy atom. The third-order valence-electron chi connectivity index (χ3n) is 3.44. The number of hydrogen-bond acceptors (Lipinski definition) is 3. The van der Waals surface area contributed by atoms with Gasteiger partial charge in [-0.25, -0.2) is 4.39 Å². The van der Waals surface area contributed by atoms with Crippen LogP contribution in [-0.4, -0.2) is 5.91 Å². The van der Waals surface area contributed by atoms with E-state index in [1.165, 1.54) is 23.5 Å². The molecule has 3 rings (SSSR count). The summed E-state index contributed by atoms with van der Waals surface area (Å²) in [5, 5.41) is 12.5. The van der Waals surface area contributed by atoms with Crippen LogP contribution in [0.5, 0.6) is 0 Å². The van der Waals surface area contributed by atoms with Crippen molar-refractivity contribution in [3.8, 4) is 6.07 Å². The summed E-state index contributed by atoms with van der Waals surface area (Å²) in [6, 6.07) is 6.42. The smallest absolute Gasteiger partial charge is 0.259 e. The lowest BCUT2D eigenvalue weighted by Gasteiger charge is -2.05. The number of nitriles is 1. The molecule has 1 amide bonds. The molecule has 0 unspecified atom stereocenters. The molecule has 1 heterocycles. The van der Waals surface area contributed by atoms with Crippen molar-refractivity contribution >= 4 is 38.2 Å². The Morgan fingerprint density at radius 1 is 1.43 bits per heavy atom. The maximum absolute atomic E-state index is 13.8. The monoisotopic (exact) mass is 364 g/mol. The van der Waals surface area contributed by atoms with Crippen LogP contribution < -0.4 is 5.32 Å². The average molecular weight is 365 g/mol. The number of hydrogen-bond donors (Lipinski definition) is 1.